The van der Waals surface area contributed by atoms with Crippen molar-refractivity contribution in [1.82, 2.24) is 0 Å². The largest absolute Gasteiger partial charge is 0.482 e. The Labute approximate surface area is 167 Å². The molecule has 0 bridgehead atoms. The van der Waals surface area contributed by atoms with Crippen molar-refractivity contribution in [2.24, 2.45) is 0 Å². The molecule has 1 atom stereocenters. The first-order chi connectivity index (χ1) is 14.2. The smallest absolute Gasteiger partial charge is 0.262 e. The number of carbonyl (C=O) groups is 1. The van der Waals surface area contributed by atoms with Gasteiger partial charge in [-0.1, -0.05) is 36.4 Å². The number of benzene rings is 3. The normalized spacial score (nSPS) is 16.9. The van der Waals surface area contributed by atoms with Crippen LogP contribution in [0.15, 0.2) is 66.7 Å². The summed E-state index contributed by atoms with van der Waals surface area (Å²) < 4.78 is 11.8. The second-order valence-electron chi connectivity index (χ2n) is 6.92. The van der Waals surface area contributed by atoms with Crippen molar-refractivity contribution in [2.45, 2.75) is 6.10 Å². The monoisotopic (exact) mass is 380 g/mol. The molecule has 140 valence electrons. The quantitative estimate of drug-likeness (QED) is 0.707. The molecule has 3 aromatic carbocycles. The molecule has 2 aliphatic heterocycles. The second kappa shape index (κ2) is 6.84. The standard InChI is InChI=1S/C24H16N2O3/c25-13-15-6-7-18-11-19(17-8-9-21-20(12-17)26-23(27)14-28-21)24(29-22(18)10-15)16-4-2-1-3-5-16/h1-12,24H,14H2,(H,26,27). The van der Waals surface area contributed by atoms with Gasteiger partial charge in [0.05, 0.1) is 17.3 Å². The molecule has 1 N–H and O–H groups in total. The van der Waals surface area contributed by atoms with E-state index in [2.05, 4.69) is 17.5 Å². The van der Waals surface area contributed by atoms with Gasteiger partial charge in [0.2, 0.25) is 0 Å². The molecule has 1 amide bonds. The molecule has 0 saturated carbocycles. The summed E-state index contributed by atoms with van der Waals surface area (Å²) in [5, 5.41) is 12.1. The molecular weight excluding hydrogens is 364 g/mol. The Morgan fingerprint density at radius 2 is 1.86 bits per heavy atom. The van der Waals surface area contributed by atoms with Crippen LogP contribution in [0.4, 0.5) is 5.69 Å². The average molecular weight is 380 g/mol. The van der Waals surface area contributed by atoms with Gasteiger partial charge in [0, 0.05) is 11.1 Å². The number of fused-ring (bicyclic) bond motifs is 2. The van der Waals surface area contributed by atoms with Gasteiger partial charge in [-0.15, -0.1) is 0 Å². The Kier molecular flexibility index (Phi) is 4.03. The first-order valence-electron chi connectivity index (χ1n) is 9.26. The molecule has 5 heteroatoms. The van der Waals surface area contributed by atoms with Gasteiger partial charge in [0.15, 0.2) is 6.61 Å². The van der Waals surface area contributed by atoms with Crippen LogP contribution in [0.3, 0.4) is 0 Å². The molecule has 0 spiro atoms. The highest BCUT2D eigenvalue weighted by Crippen LogP contribution is 2.44. The lowest BCUT2D eigenvalue weighted by atomic mass is 9.90. The lowest BCUT2D eigenvalue weighted by molar-refractivity contribution is -0.118. The molecule has 1 unspecified atom stereocenters. The van der Waals surface area contributed by atoms with Crippen LogP contribution < -0.4 is 14.8 Å². The Hall–Kier alpha value is -4.04. The SMILES string of the molecule is N#Cc1ccc2c(c1)OC(c1ccccc1)C(c1ccc3c(c1)NC(=O)CO3)=C2. The number of hydrogen-bond acceptors (Lipinski definition) is 4. The number of hydrogen-bond donors (Lipinski definition) is 1. The van der Waals surface area contributed by atoms with Crippen molar-refractivity contribution in [3.63, 3.8) is 0 Å². The van der Waals surface area contributed by atoms with E-state index < -0.39 is 0 Å². The molecule has 0 aliphatic carbocycles. The number of ether oxygens (including phenoxy) is 2. The molecule has 29 heavy (non-hydrogen) atoms. The van der Waals surface area contributed by atoms with Crippen molar-refractivity contribution in [3.05, 3.63) is 89.0 Å². The third-order valence-electron chi connectivity index (χ3n) is 5.03. The molecule has 0 aromatic heterocycles. The van der Waals surface area contributed by atoms with Gasteiger partial charge in [0.1, 0.15) is 17.6 Å². The van der Waals surface area contributed by atoms with E-state index in [0.717, 1.165) is 22.3 Å². The fraction of sp³-hybridized carbons (Fsp3) is 0.0833. The predicted octanol–water partition coefficient (Wildman–Crippen LogP) is 4.56. The van der Waals surface area contributed by atoms with Crippen molar-refractivity contribution in [2.75, 3.05) is 11.9 Å². The highest BCUT2D eigenvalue weighted by atomic mass is 16.5. The van der Waals surface area contributed by atoms with Crippen LogP contribution in [0.1, 0.15) is 28.4 Å². The van der Waals surface area contributed by atoms with Crippen LogP contribution in [-0.4, -0.2) is 12.5 Å². The van der Waals surface area contributed by atoms with Crippen LogP contribution >= 0.6 is 0 Å². The summed E-state index contributed by atoms with van der Waals surface area (Å²) in [5.41, 5.74) is 5.02. The number of nitriles is 1. The predicted molar refractivity (Wildman–Crippen MR) is 109 cm³/mol. The Morgan fingerprint density at radius 1 is 1.00 bits per heavy atom. The molecule has 0 saturated heterocycles. The van der Waals surface area contributed by atoms with E-state index >= 15 is 0 Å². The minimum Gasteiger partial charge on any atom is -0.482 e. The van der Waals surface area contributed by atoms with Crippen molar-refractivity contribution in [1.29, 1.82) is 5.26 Å². The third-order valence-corrected chi connectivity index (χ3v) is 5.03. The summed E-state index contributed by atoms with van der Waals surface area (Å²) in [5.74, 6) is 1.16. The molecule has 5 nitrogen and oxygen atoms in total. The molecule has 0 fully saturated rings. The zero-order valence-electron chi connectivity index (χ0n) is 15.4. The second-order valence-corrected chi connectivity index (χ2v) is 6.92. The van der Waals surface area contributed by atoms with Crippen LogP contribution in [0.25, 0.3) is 11.6 Å². The van der Waals surface area contributed by atoms with Gasteiger partial charge >= 0.3 is 0 Å². The summed E-state index contributed by atoms with van der Waals surface area (Å²) in [7, 11) is 0. The van der Waals surface area contributed by atoms with Crippen LogP contribution in [-0.2, 0) is 4.79 Å². The van der Waals surface area contributed by atoms with E-state index in [-0.39, 0.29) is 18.6 Å². The van der Waals surface area contributed by atoms with Crippen molar-refractivity contribution < 1.29 is 14.3 Å². The number of nitrogens with zero attached hydrogens (tertiary/aromatic N) is 1. The van der Waals surface area contributed by atoms with Crippen molar-refractivity contribution in [3.8, 4) is 17.6 Å². The molecule has 0 radical (unpaired) electrons. The minimum absolute atomic E-state index is 0.0272. The fourth-order valence-electron chi connectivity index (χ4n) is 3.63. The summed E-state index contributed by atoms with van der Waals surface area (Å²) in [4.78, 5) is 11.7. The molecule has 2 heterocycles. The lowest BCUT2D eigenvalue weighted by Crippen LogP contribution is -2.25. The van der Waals surface area contributed by atoms with Crippen LogP contribution in [0, 0.1) is 11.3 Å². The van der Waals surface area contributed by atoms with Gasteiger partial charge in [-0.25, -0.2) is 0 Å². The van der Waals surface area contributed by atoms with Gasteiger partial charge < -0.3 is 14.8 Å². The maximum absolute atomic E-state index is 11.7. The van der Waals surface area contributed by atoms with E-state index in [1.165, 1.54) is 0 Å². The Bertz CT molecular complexity index is 1190. The highest BCUT2D eigenvalue weighted by molar-refractivity contribution is 5.97. The summed E-state index contributed by atoms with van der Waals surface area (Å²) in [6, 6.07) is 23.3. The summed E-state index contributed by atoms with van der Waals surface area (Å²) in [6.07, 6.45) is 1.74. The minimum atomic E-state index is -0.337. The van der Waals surface area contributed by atoms with Gasteiger partial charge in [-0.2, -0.15) is 5.26 Å². The van der Waals surface area contributed by atoms with Gasteiger partial charge in [-0.3, -0.25) is 4.79 Å². The zero-order valence-corrected chi connectivity index (χ0v) is 15.4. The Balaban J connectivity index is 1.65. The summed E-state index contributed by atoms with van der Waals surface area (Å²) >= 11 is 0. The third kappa shape index (κ3) is 3.11. The molecular formula is C24H16N2O3. The maximum Gasteiger partial charge on any atom is 0.262 e. The number of rotatable bonds is 2. The Morgan fingerprint density at radius 3 is 2.69 bits per heavy atom. The topological polar surface area (TPSA) is 71.3 Å². The van der Waals surface area contributed by atoms with Crippen LogP contribution in [0.5, 0.6) is 11.5 Å². The number of carbonyl (C=O) groups excluding carboxylic acids is 1. The summed E-state index contributed by atoms with van der Waals surface area (Å²) in [6.45, 7) is 0.0272. The van der Waals surface area contributed by atoms with Gasteiger partial charge in [-0.05, 0) is 47.5 Å². The molecule has 3 aromatic rings. The fourth-order valence-corrected chi connectivity index (χ4v) is 3.63. The maximum atomic E-state index is 11.7. The van der Waals surface area contributed by atoms with E-state index in [4.69, 9.17) is 9.47 Å². The first-order valence-corrected chi connectivity index (χ1v) is 9.26. The van der Waals surface area contributed by atoms with E-state index in [1.807, 2.05) is 54.6 Å². The zero-order chi connectivity index (χ0) is 19.8. The number of nitrogens with one attached hydrogen (secondary N) is 1. The van der Waals surface area contributed by atoms with E-state index in [9.17, 15) is 10.1 Å². The highest BCUT2D eigenvalue weighted by Gasteiger charge is 2.27. The first kappa shape index (κ1) is 17.1. The van der Waals surface area contributed by atoms with Crippen LogP contribution in [0.2, 0.25) is 0 Å². The van der Waals surface area contributed by atoms with E-state index in [0.29, 0.717) is 22.7 Å². The number of anilines is 1. The van der Waals surface area contributed by atoms with Crippen molar-refractivity contribution >= 4 is 23.2 Å². The lowest BCUT2D eigenvalue weighted by Gasteiger charge is -2.29. The molecule has 2 aliphatic rings. The number of amides is 1. The van der Waals surface area contributed by atoms with E-state index in [1.54, 1.807) is 12.1 Å². The van der Waals surface area contributed by atoms with Gasteiger partial charge in [0.25, 0.3) is 5.91 Å². The molecule has 5 rings (SSSR count). The average Bonchev–Trinajstić information content (AvgIpc) is 2.78.